The number of hydrogen-bond acceptors (Lipinski definition) is 5. The standard InChI is InChI=1S/C17H21N3O2/c1-4-7-16(9-6-12-22-20-13-18)17(8-5-2)11-10-15(3)21-14-19/h5-11,20H,4,12H2,1-3H3/b8-5-,9-6-,15-10+,16-7-,17-11+. The summed E-state index contributed by atoms with van der Waals surface area (Å²) in [7, 11) is 0. The van der Waals surface area contributed by atoms with Crippen LogP contribution in [0.25, 0.3) is 0 Å². The third kappa shape index (κ3) is 9.19. The first-order valence-electron chi connectivity index (χ1n) is 6.89. The summed E-state index contributed by atoms with van der Waals surface area (Å²) in [5.41, 5.74) is 4.11. The highest BCUT2D eigenvalue weighted by molar-refractivity contribution is 5.48. The van der Waals surface area contributed by atoms with E-state index in [2.05, 4.69) is 18.5 Å². The Labute approximate surface area is 132 Å². The normalized spacial score (nSPS) is 13.2. The number of nitrogens with zero attached hydrogens (tertiary/aromatic N) is 2. The van der Waals surface area contributed by atoms with E-state index in [0.717, 1.165) is 17.6 Å². The second-order valence-electron chi connectivity index (χ2n) is 4.09. The summed E-state index contributed by atoms with van der Waals surface area (Å²) in [5.74, 6) is 0.519. The minimum absolute atomic E-state index is 0.282. The van der Waals surface area contributed by atoms with Gasteiger partial charge in [-0.25, -0.2) is 5.48 Å². The summed E-state index contributed by atoms with van der Waals surface area (Å²) in [6.45, 7) is 5.98. The van der Waals surface area contributed by atoms with Crippen LogP contribution in [0.3, 0.4) is 0 Å². The van der Waals surface area contributed by atoms with Crippen molar-refractivity contribution in [1.29, 1.82) is 10.5 Å². The zero-order valence-corrected chi connectivity index (χ0v) is 13.2. The van der Waals surface area contributed by atoms with Gasteiger partial charge < -0.3 is 4.74 Å². The van der Waals surface area contributed by atoms with Gasteiger partial charge in [0, 0.05) is 0 Å². The minimum Gasteiger partial charge on any atom is -0.393 e. The fourth-order valence-electron chi connectivity index (χ4n) is 1.54. The van der Waals surface area contributed by atoms with Crippen LogP contribution in [0, 0.1) is 23.0 Å². The smallest absolute Gasteiger partial charge is 0.291 e. The molecule has 5 nitrogen and oxygen atoms in total. The lowest BCUT2D eigenvalue weighted by molar-refractivity contribution is 0.101. The molecule has 5 heteroatoms. The highest BCUT2D eigenvalue weighted by Gasteiger charge is 1.98. The third-order valence-corrected chi connectivity index (χ3v) is 2.40. The lowest BCUT2D eigenvalue weighted by atomic mass is 10.0. The Hall–Kier alpha value is -2.76. The van der Waals surface area contributed by atoms with Gasteiger partial charge in [-0.2, -0.15) is 5.26 Å². The van der Waals surface area contributed by atoms with Crippen LogP contribution in [0.4, 0.5) is 0 Å². The van der Waals surface area contributed by atoms with E-state index in [-0.39, 0.29) is 6.61 Å². The van der Waals surface area contributed by atoms with E-state index in [9.17, 15) is 0 Å². The number of rotatable bonds is 9. The molecule has 0 aliphatic carbocycles. The van der Waals surface area contributed by atoms with Crippen molar-refractivity contribution in [3.8, 4) is 12.4 Å². The molecule has 0 spiro atoms. The molecule has 0 radical (unpaired) electrons. The monoisotopic (exact) mass is 299 g/mol. The largest absolute Gasteiger partial charge is 0.393 e. The predicted octanol–water partition coefficient (Wildman–Crippen LogP) is 3.79. The lowest BCUT2D eigenvalue weighted by Crippen LogP contribution is -2.05. The fraction of sp³-hybridized carbons (Fsp3) is 0.294. The highest BCUT2D eigenvalue weighted by Crippen LogP contribution is 2.15. The van der Waals surface area contributed by atoms with Gasteiger partial charge in [0.25, 0.3) is 6.26 Å². The van der Waals surface area contributed by atoms with Gasteiger partial charge in [0.15, 0.2) is 0 Å². The number of nitriles is 2. The van der Waals surface area contributed by atoms with Crippen molar-refractivity contribution in [3.63, 3.8) is 0 Å². The Balaban J connectivity index is 5.17. The number of nitrogens with one attached hydrogen (secondary N) is 1. The Morgan fingerprint density at radius 1 is 1.18 bits per heavy atom. The summed E-state index contributed by atoms with van der Waals surface area (Å²) in [5, 5.41) is 16.8. The first kappa shape index (κ1) is 19.2. The molecule has 0 atom stereocenters. The molecule has 22 heavy (non-hydrogen) atoms. The van der Waals surface area contributed by atoms with Gasteiger partial charge in [0.1, 0.15) is 5.76 Å². The number of hydrogen-bond donors (Lipinski definition) is 1. The van der Waals surface area contributed by atoms with Gasteiger partial charge in [0.2, 0.25) is 6.19 Å². The van der Waals surface area contributed by atoms with Crippen LogP contribution in [0.15, 0.2) is 59.4 Å². The number of hydroxylamine groups is 1. The Bertz CT molecular complexity index is 555. The van der Waals surface area contributed by atoms with E-state index in [1.165, 1.54) is 0 Å². The molecule has 116 valence electrons. The van der Waals surface area contributed by atoms with E-state index in [1.807, 2.05) is 37.3 Å². The first-order valence-corrected chi connectivity index (χ1v) is 6.89. The van der Waals surface area contributed by atoms with Gasteiger partial charge in [-0.05, 0) is 37.5 Å². The molecule has 0 heterocycles. The second kappa shape index (κ2) is 13.2. The molecule has 1 N–H and O–H groups in total. The van der Waals surface area contributed by atoms with E-state index < -0.39 is 0 Å². The molecule has 0 aliphatic rings. The third-order valence-electron chi connectivity index (χ3n) is 2.40. The molecule has 0 aliphatic heterocycles. The molecule has 0 aromatic heterocycles. The molecule has 0 bridgehead atoms. The molecule has 0 aromatic carbocycles. The van der Waals surface area contributed by atoms with Crippen molar-refractivity contribution in [2.75, 3.05) is 6.61 Å². The summed E-state index contributed by atoms with van der Waals surface area (Å²) >= 11 is 0. The summed E-state index contributed by atoms with van der Waals surface area (Å²) in [6, 6.07) is 0. The minimum atomic E-state index is 0.282. The lowest BCUT2D eigenvalue weighted by Gasteiger charge is -2.04. The van der Waals surface area contributed by atoms with Crippen molar-refractivity contribution in [2.24, 2.45) is 0 Å². The maximum Gasteiger partial charge on any atom is 0.291 e. The van der Waals surface area contributed by atoms with Crippen molar-refractivity contribution < 1.29 is 9.57 Å². The Morgan fingerprint density at radius 2 is 1.95 bits per heavy atom. The van der Waals surface area contributed by atoms with Crippen molar-refractivity contribution in [3.05, 3.63) is 59.4 Å². The average Bonchev–Trinajstić information content (AvgIpc) is 2.50. The van der Waals surface area contributed by atoms with Crippen LogP contribution in [0.1, 0.15) is 27.2 Å². The van der Waals surface area contributed by atoms with E-state index in [1.54, 1.807) is 25.4 Å². The van der Waals surface area contributed by atoms with Crippen LogP contribution in [0.2, 0.25) is 0 Å². The summed E-state index contributed by atoms with van der Waals surface area (Å²) < 4.78 is 4.74. The van der Waals surface area contributed by atoms with Gasteiger partial charge in [0.05, 0.1) is 6.61 Å². The maximum absolute atomic E-state index is 8.47. The van der Waals surface area contributed by atoms with Crippen molar-refractivity contribution in [1.82, 2.24) is 5.48 Å². The Morgan fingerprint density at radius 3 is 2.55 bits per heavy atom. The molecule has 0 saturated carbocycles. The van der Waals surface area contributed by atoms with Crippen LogP contribution < -0.4 is 5.48 Å². The molecule has 0 amide bonds. The van der Waals surface area contributed by atoms with Crippen LogP contribution >= 0.6 is 0 Å². The molecular formula is C17H21N3O2. The predicted molar refractivity (Wildman–Crippen MR) is 85.6 cm³/mol. The second-order valence-corrected chi connectivity index (χ2v) is 4.09. The van der Waals surface area contributed by atoms with Gasteiger partial charge >= 0.3 is 0 Å². The summed E-state index contributed by atoms with van der Waals surface area (Å²) in [6.07, 6.45) is 17.5. The SMILES string of the molecule is C\C=C/C(=C\C=C(/C)OC#N)C(/C=C\CONC#N)=C\CC. The van der Waals surface area contributed by atoms with Crippen LogP contribution in [-0.2, 0) is 9.57 Å². The fourth-order valence-corrected chi connectivity index (χ4v) is 1.54. The molecule has 0 aromatic rings. The quantitative estimate of drug-likeness (QED) is 0.175. The zero-order valence-electron chi connectivity index (χ0n) is 13.2. The maximum atomic E-state index is 8.47. The van der Waals surface area contributed by atoms with Gasteiger partial charge in [-0.3, -0.25) is 4.84 Å². The molecule has 0 rings (SSSR count). The number of allylic oxidation sites excluding steroid dienone is 9. The molecular weight excluding hydrogens is 278 g/mol. The Kier molecular flexibility index (Phi) is 11.6. The van der Waals surface area contributed by atoms with Crippen molar-refractivity contribution >= 4 is 0 Å². The first-order chi connectivity index (χ1) is 10.7. The summed E-state index contributed by atoms with van der Waals surface area (Å²) in [4.78, 5) is 4.85. The zero-order chi connectivity index (χ0) is 16.6. The van der Waals surface area contributed by atoms with Gasteiger partial charge in [-0.1, -0.05) is 43.4 Å². The average molecular weight is 299 g/mol. The highest BCUT2D eigenvalue weighted by atomic mass is 16.6. The number of ether oxygens (including phenoxy) is 1. The van der Waals surface area contributed by atoms with E-state index in [0.29, 0.717) is 5.76 Å². The van der Waals surface area contributed by atoms with Crippen LogP contribution in [-0.4, -0.2) is 6.61 Å². The van der Waals surface area contributed by atoms with Crippen LogP contribution in [0.5, 0.6) is 0 Å². The molecule has 0 saturated heterocycles. The van der Waals surface area contributed by atoms with E-state index >= 15 is 0 Å². The van der Waals surface area contributed by atoms with Gasteiger partial charge in [-0.15, -0.1) is 5.26 Å². The van der Waals surface area contributed by atoms with E-state index in [4.69, 9.17) is 20.1 Å². The van der Waals surface area contributed by atoms with Crippen molar-refractivity contribution in [2.45, 2.75) is 27.2 Å². The molecule has 0 fully saturated rings. The molecule has 0 unspecified atom stereocenters. The topological polar surface area (TPSA) is 78.1 Å².